The number of carbonyl (C=O) groups excluding carboxylic acids is 1. The Labute approximate surface area is 172 Å². The zero-order valence-electron chi connectivity index (χ0n) is 17.5. The fourth-order valence-electron chi connectivity index (χ4n) is 5.01. The second-order valence-electron chi connectivity index (χ2n) is 8.49. The largest absolute Gasteiger partial charge is 0.338 e. The van der Waals surface area contributed by atoms with Gasteiger partial charge in [-0.2, -0.15) is 0 Å². The Bertz CT molecular complexity index is 875. The number of aromatic nitrogens is 1. The number of hydrogen-bond acceptors (Lipinski definition) is 4. The lowest BCUT2D eigenvalue weighted by Crippen LogP contribution is -2.44. The number of likely N-dealkylation sites (N-methyl/N-ethyl adjacent to an activating group) is 1. The van der Waals surface area contributed by atoms with E-state index in [1.165, 1.54) is 24.0 Å². The van der Waals surface area contributed by atoms with Crippen LogP contribution in [-0.2, 0) is 11.2 Å². The topological polar surface area (TPSA) is 36.4 Å². The van der Waals surface area contributed by atoms with E-state index in [-0.39, 0.29) is 5.91 Å². The lowest BCUT2D eigenvalue weighted by molar-refractivity contribution is -0.131. The molecule has 28 heavy (non-hydrogen) atoms. The Balaban J connectivity index is 1.57. The number of nitrogens with zero attached hydrogens (tertiary/aromatic N) is 3. The number of likely N-dealkylation sites (tertiary alicyclic amines) is 2. The van der Waals surface area contributed by atoms with Crippen molar-refractivity contribution in [1.82, 2.24) is 14.8 Å². The molecule has 4 rings (SSSR count). The van der Waals surface area contributed by atoms with Crippen molar-refractivity contribution in [2.24, 2.45) is 0 Å². The Morgan fingerprint density at radius 2 is 1.96 bits per heavy atom. The number of fused-ring (bicyclic) bond motifs is 1. The highest BCUT2D eigenvalue weighted by Crippen LogP contribution is 2.34. The molecule has 0 unspecified atom stereocenters. The van der Waals surface area contributed by atoms with Crippen molar-refractivity contribution in [2.45, 2.75) is 65.0 Å². The highest BCUT2D eigenvalue weighted by atomic mass is 32.1. The predicted molar refractivity (Wildman–Crippen MR) is 116 cm³/mol. The van der Waals surface area contributed by atoms with Gasteiger partial charge < -0.3 is 9.80 Å². The number of amides is 1. The standard InChI is InChI=1S/C23H31N3OS/c1-15-8-9-18(16(2)13-15)23-21(28-17(3)24-23)14-22(27)26-12-10-19-20(26)7-5-6-11-25(19)4/h8-9,13,19-20H,5-7,10-12,14H2,1-4H3/t19-,20-/m1/s1. The summed E-state index contributed by atoms with van der Waals surface area (Å²) in [5.41, 5.74) is 4.64. The number of rotatable bonds is 3. The molecular formula is C23H31N3OS. The van der Waals surface area contributed by atoms with Crippen LogP contribution in [0.2, 0.25) is 0 Å². The van der Waals surface area contributed by atoms with Crippen molar-refractivity contribution < 1.29 is 4.79 Å². The molecule has 2 atom stereocenters. The smallest absolute Gasteiger partial charge is 0.228 e. The molecule has 1 aromatic heterocycles. The van der Waals surface area contributed by atoms with Crippen molar-refractivity contribution in [2.75, 3.05) is 20.1 Å². The summed E-state index contributed by atoms with van der Waals surface area (Å²) < 4.78 is 0. The summed E-state index contributed by atoms with van der Waals surface area (Å²) in [4.78, 5) is 23.9. The Kier molecular flexibility index (Phi) is 5.57. The second kappa shape index (κ2) is 7.96. The minimum atomic E-state index is 0.275. The molecule has 2 aliphatic heterocycles. The predicted octanol–water partition coefficient (Wildman–Crippen LogP) is 4.36. The van der Waals surface area contributed by atoms with E-state index in [1.54, 1.807) is 11.3 Å². The van der Waals surface area contributed by atoms with E-state index < -0.39 is 0 Å². The van der Waals surface area contributed by atoms with Crippen LogP contribution in [0, 0.1) is 20.8 Å². The van der Waals surface area contributed by atoms with Gasteiger partial charge in [0.25, 0.3) is 0 Å². The Morgan fingerprint density at radius 3 is 2.75 bits per heavy atom. The van der Waals surface area contributed by atoms with E-state index in [0.29, 0.717) is 18.5 Å². The molecule has 150 valence electrons. The lowest BCUT2D eigenvalue weighted by atomic mass is 10.0. The summed E-state index contributed by atoms with van der Waals surface area (Å²) in [7, 11) is 2.22. The molecule has 5 heteroatoms. The van der Waals surface area contributed by atoms with Gasteiger partial charge in [0, 0.05) is 29.1 Å². The number of benzene rings is 1. The molecule has 2 aromatic rings. The minimum absolute atomic E-state index is 0.275. The third kappa shape index (κ3) is 3.74. The number of carbonyl (C=O) groups is 1. The van der Waals surface area contributed by atoms with Crippen molar-refractivity contribution in [3.8, 4) is 11.3 Å². The molecule has 0 bridgehead atoms. The summed E-state index contributed by atoms with van der Waals surface area (Å²) in [6.45, 7) is 8.34. The summed E-state index contributed by atoms with van der Waals surface area (Å²) >= 11 is 1.67. The van der Waals surface area contributed by atoms with Crippen LogP contribution < -0.4 is 0 Å². The van der Waals surface area contributed by atoms with Crippen LogP contribution in [0.3, 0.4) is 0 Å². The molecule has 4 nitrogen and oxygen atoms in total. The van der Waals surface area contributed by atoms with E-state index in [2.05, 4.69) is 48.9 Å². The second-order valence-corrected chi connectivity index (χ2v) is 9.77. The molecule has 0 spiro atoms. The summed E-state index contributed by atoms with van der Waals surface area (Å²) in [6.07, 6.45) is 5.20. The molecule has 0 aliphatic carbocycles. The van der Waals surface area contributed by atoms with E-state index in [4.69, 9.17) is 4.98 Å². The average Bonchev–Trinajstić information content (AvgIpc) is 3.17. The monoisotopic (exact) mass is 397 g/mol. The van der Waals surface area contributed by atoms with E-state index >= 15 is 0 Å². The third-order valence-corrected chi connectivity index (χ3v) is 7.38. The quantitative estimate of drug-likeness (QED) is 0.772. The number of thiazole rings is 1. The van der Waals surface area contributed by atoms with Gasteiger partial charge in [0.2, 0.25) is 5.91 Å². The lowest BCUT2D eigenvalue weighted by Gasteiger charge is -2.30. The summed E-state index contributed by atoms with van der Waals surface area (Å²) in [5, 5.41) is 1.03. The van der Waals surface area contributed by atoms with Gasteiger partial charge in [0.1, 0.15) is 0 Å². The fraction of sp³-hybridized carbons (Fsp3) is 0.565. The van der Waals surface area contributed by atoms with Crippen molar-refractivity contribution in [3.05, 3.63) is 39.2 Å². The van der Waals surface area contributed by atoms with Crippen molar-refractivity contribution in [1.29, 1.82) is 0 Å². The van der Waals surface area contributed by atoms with Gasteiger partial charge >= 0.3 is 0 Å². The van der Waals surface area contributed by atoms with Crippen LogP contribution in [0.15, 0.2) is 18.2 Å². The SMILES string of the molecule is Cc1ccc(-c2nc(C)sc2CC(=O)N2CC[C@@H]3[C@H]2CCCCN3C)c(C)c1. The molecule has 0 N–H and O–H groups in total. The van der Waals surface area contributed by atoms with E-state index in [9.17, 15) is 4.79 Å². The molecule has 0 radical (unpaired) electrons. The average molecular weight is 398 g/mol. The van der Waals surface area contributed by atoms with Crippen LogP contribution in [0.5, 0.6) is 0 Å². The molecular weight excluding hydrogens is 366 g/mol. The molecule has 1 aromatic carbocycles. The maximum Gasteiger partial charge on any atom is 0.228 e. The zero-order valence-corrected chi connectivity index (χ0v) is 18.3. The molecule has 3 heterocycles. The van der Waals surface area contributed by atoms with E-state index in [1.807, 2.05) is 6.92 Å². The first-order valence-electron chi connectivity index (χ1n) is 10.5. The van der Waals surface area contributed by atoms with Crippen molar-refractivity contribution in [3.63, 3.8) is 0 Å². The molecule has 0 saturated carbocycles. The molecule has 2 saturated heterocycles. The first-order chi connectivity index (χ1) is 13.4. The molecule has 2 fully saturated rings. The Morgan fingerprint density at radius 1 is 1.14 bits per heavy atom. The normalized spacial score (nSPS) is 22.9. The highest BCUT2D eigenvalue weighted by molar-refractivity contribution is 7.12. The van der Waals surface area contributed by atoms with Gasteiger partial charge in [-0.25, -0.2) is 4.98 Å². The summed E-state index contributed by atoms with van der Waals surface area (Å²) in [6, 6.07) is 7.41. The molecule has 1 amide bonds. The van der Waals surface area contributed by atoms with Crippen LogP contribution in [0.1, 0.15) is 46.7 Å². The van der Waals surface area contributed by atoms with E-state index in [0.717, 1.165) is 47.1 Å². The zero-order chi connectivity index (χ0) is 19.8. The molecule has 2 aliphatic rings. The first kappa shape index (κ1) is 19.6. The minimum Gasteiger partial charge on any atom is -0.338 e. The first-order valence-corrected chi connectivity index (χ1v) is 11.3. The number of aryl methyl sites for hydroxylation is 3. The van der Waals surface area contributed by atoms with Crippen molar-refractivity contribution >= 4 is 17.2 Å². The maximum atomic E-state index is 13.3. The van der Waals surface area contributed by atoms with Crippen LogP contribution in [0.25, 0.3) is 11.3 Å². The van der Waals surface area contributed by atoms with Gasteiger partial charge in [-0.05, 0) is 59.2 Å². The van der Waals surface area contributed by atoms with Gasteiger partial charge in [0.05, 0.1) is 17.1 Å². The fourth-order valence-corrected chi connectivity index (χ4v) is 5.95. The van der Waals surface area contributed by atoms with Crippen LogP contribution >= 0.6 is 11.3 Å². The van der Waals surface area contributed by atoms with Gasteiger partial charge in [-0.15, -0.1) is 11.3 Å². The third-order valence-electron chi connectivity index (χ3n) is 6.41. The highest BCUT2D eigenvalue weighted by Gasteiger charge is 2.39. The van der Waals surface area contributed by atoms with Crippen LogP contribution in [-0.4, -0.2) is 52.9 Å². The van der Waals surface area contributed by atoms with Gasteiger partial charge in [-0.3, -0.25) is 4.79 Å². The number of hydrogen-bond donors (Lipinski definition) is 0. The maximum absolute atomic E-state index is 13.3. The summed E-state index contributed by atoms with van der Waals surface area (Å²) in [5.74, 6) is 0.275. The van der Waals surface area contributed by atoms with Crippen LogP contribution in [0.4, 0.5) is 0 Å². The van der Waals surface area contributed by atoms with Gasteiger partial charge in [-0.1, -0.05) is 30.2 Å². The van der Waals surface area contributed by atoms with Gasteiger partial charge in [0.15, 0.2) is 0 Å². The Hall–Kier alpha value is -1.72.